The topological polar surface area (TPSA) is 105 Å². The van der Waals surface area contributed by atoms with Crippen LogP contribution in [-0.2, 0) is 14.3 Å². The van der Waals surface area contributed by atoms with Gasteiger partial charge in [0.05, 0.1) is 6.42 Å². The van der Waals surface area contributed by atoms with Crippen molar-refractivity contribution in [3.05, 3.63) is 59.7 Å². The number of benzene rings is 2. The van der Waals surface area contributed by atoms with E-state index in [1.165, 1.54) is 0 Å². The van der Waals surface area contributed by atoms with Crippen molar-refractivity contribution >= 4 is 18.0 Å². The number of rotatable bonds is 8. The molecule has 0 bridgehead atoms. The van der Waals surface area contributed by atoms with Crippen molar-refractivity contribution in [3.63, 3.8) is 0 Å². The second-order valence-corrected chi connectivity index (χ2v) is 8.24. The Kier molecular flexibility index (Phi) is 5.67. The number of fused-ring (bicyclic) bond motifs is 3. The number of ether oxygens (including phenoxy) is 1. The Morgan fingerprint density at radius 3 is 2.16 bits per heavy atom. The van der Waals surface area contributed by atoms with Crippen LogP contribution in [0.4, 0.5) is 4.79 Å². The molecule has 2 aliphatic carbocycles. The van der Waals surface area contributed by atoms with Crippen LogP contribution in [0.1, 0.15) is 49.7 Å². The minimum absolute atomic E-state index is 0.0974. The van der Waals surface area contributed by atoms with E-state index in [0.717, 1.165) is 41.5 Å². The van der Waals surface area contributed by atoms with Crippen LogP contribution in [0, 0.1) is 0 Å². The molecule has 31 heavy (non-hydrogen) atoms. The van der Waals surface area contributed by atoms with Gasteiger partial charge >= 0.3 is 12.1 Å². The van der Waals surface area contributed by atoms with E-state index in [2.05, 4.69) is 10.6 Å². The van der Waals surface area contributed by atoms with Crippen LogP contribution in [0.3, 0.4) is 0 Å². The first-order chi connectivity index (χ1) is 14.9. The Bertz CT molecular complexity index is 969. The third-order valence-corrected chi connectivity index (χ3v) is 6.25. The summed E-state index contributed by atoms with van der Waals surface area (Å²) >= 11 is 0. The van der Waals surface area contributed by atoms with E-state index in [0.29, 0.717) is 0 Å². The van der Waals surface area contributed by atoms with Gasteiger partial charge in [-0.1, -0.05) is 55.5 Å². The van der Waals surface area contributed by atoms with Crippen LogP contribution in [0.25, 0.3) is 11.1 Å². The average Bonchev–Trinajstić information content (AvgIpc) is 3.46. The lowest BCUT2D eigenvalue weighted by molar-refractivity contribution is -0.140. The molecule has 2 aromatic rings. The Morgan fingerprint density at radius 2 is 1.65 bits per heavy atom. The van der Waals surface area contributed by atoms with Crippen molar-refractivity contribution in [1.29, 1.82) is 0 Å². The number of nitrogens with one attached hydrogen (secondary N) is 2. The lowest BCUT2D eigenvalue weighted by atomic mass is 9.98. The third kappa shape index (κ3) is 4.40. The largest absolute Gasteiger partial charge is 0.481 e. The van der Waals surface area contributed by atoms with Gasteiger partial charge in [-0.05, 0) is 41.5 Å². The van der Waals surface area contributed by atoms with Gasteiger partial charge in [0.1, 0.15) is 12.6 Å². The second kappa shape index (κ2) is 8.41. The highest BCUT2D eigenvalue weighted by Crippen LogP contribution is 2.44. The fourth-order valence-electron chi connectivity index (χ4n) is 4.23. The van der Waals surface area contributed by atoms with Gasteiger partial charge in [0.15, 0.2) is 0 Å². The summed E-state index contributed by atoms with van der Waals surface area (Å²) in [7, 11) is 0. The van der Waals surface area contributed by atoms with Gasteiger partial charge in [-0.3, -0.25) is 9.59 Å². The molecule has 0 aromatic heterocycles. The van der Waals surface area contributed by atoms with E-state index in [-0.39, 0.29) is 18.1 Å². The first-order valence-corrected chi connectivity index (χ1v) is 10.6. The maximum absolute atomic E-state index is 12.6. The standard InChI is InChI=1S/C24H26N2O5/c1-2-24(11-12-24)26-22(29)20(13-21(27)28)25-23(30)31-14-19-17-9-5-3-7-15(17)16-8-4-6-10-18(16)19/h3-10,19-20H,2,11-14H2,1H3,(H,25,30)(H,26,29)(H,27,28). The van der Waals surface area contributed by atoms with Gasteiger partial charge in [0.25, 0.3) is 0 Å². The summed E-state index contributed by atoms with van der Waals surface area (Å²) < 4.78 is 5.45. The van der Waals surface area contributed by atoms with Crippen LogP contribution >= 0.6 is 0 Å². The zero-order valence-corrected chi connectivity index (χ0v) is 17.4. The van der Waals surface area contributed by atoms with Gasteiger partial charge in [0, 0.05) is 11.5 Å². The molecule has 0 heterocycles. The summed E-state index contributed by atoms with van der Waals surface area (Å²) in [6.07, 6.45) is 1.18. The van der Waals surface area contributed by atoms with Crippen molar-refractivity contribution in [2.45, 2.75) is 50.1 Å². The van der Waals surface area contributed by atoms with Gasteiger partial charge in [-0.15, -0.1) is 0 Å². The van der Waals surface area contributed by atoms with Crippen LogP contribution < -0.4 is 10.6 Å². The van der Waals surface area contributed by atoms with E-state index in [1.807, 2.05) is 55.5 Å². The summed E-state index contributed by atoms with van der Waals surface area (Å²) in [5.41, 5.74) is 4.12. The highest BCUT2D eigenvalue weighted by molar-refractivity contribution is 5.90. The van der Waals surface area contributed by atoms with Crippen molar-refractivity contribution < 1.29 is 24.2 Å². The number of carbonyl (C=O) groups is 3. The van der Waals surface area contributed by atoms with Crippen LogP contribution in [0.2, 0.25) is 0 Å². The van der Waals surface area contributed by atoms with E-state index < -0.39 is 30.4 Å². The molecule has 2 aliphatic rings. The number of amides is 2. The molecule has 0 radical (unpaired) electrons. The number of hydrogen-bond donors (Lipinski definition) is 3. The average molecular weight is 422 g/mol. The minimum atomic E-state index is -1.18. The predicted octanol–water partition coefficient (Wildman–Crippen LogP) is 3.43. The summed E-state index contributed by atoms with van der Waals surface area (Å²) in [5, 5.41) is 14.5. The van der Waals surface area contributed by atoms with Crippen molar-refractivity contribution in [2.75, 3.05) is 6.61 Å². The van der Waals surface area contributed by atoms with Gasteiger partial charge in [-0.2, -0.15) is 0 Å². The molecule has 0 spiro atoms. The molecule has 1 fully saturated rings. The maximum atomic E-state index is 12.6. The molecule has 3 N–H and O–H groups in total. The normalized spacial score (nSPS) is 16.5. The monoisotopic (exact) mass is 422 g/mol. The van der Waals surface area contributed by atoms with Crippen molar-refractivity contribution in [2.24, 2.45) is 0 Å². The van der Waals surface area contributed by atoms with Crippen LogP contribution in [0.15, 0.2) is 48.5 Å². The maximum Gasteiger partial charge on any atom is 0.407 e. The van der Waals surface area contributed by atoms with E-state index in [1.54, 1.807) is 0 Å². The number of hydrogen-bond acceptors (Lipinski definition) is 4. The van der Waals surface area contributed by atoms with E-state index in [4.69, 9.17) is 9.84 Å². The number of carboxylic acids is 1. The lowest BCUT2D eigenvalue weighted by Crippen LogP contribution is -2.51. The molecule has 0 saturated heterocycles. The number of carboxylic acid groups (broad SMARTS) is 1. The Hall–Kier alpha value is -3.35. The predicted molar refractivity (Wildman–Crippen MR) is 115 cm³/mol. The Morgan fingerprint density at radius 1 is 1.06 bits per heavy atom. The summed E-state index contributed by atoms with van der Waals surface area (Å²) in [4.78, 5) is 36.3. The van der Waals surface area contributed by atoms with Gasteiger partial charge in [0.2, 0.25) is 5.91 Å². The molecule has 0 aliphatic heterocycles. The summed E-state index contributed by atoms with van der Waals surface area (Å²) in [5.74, 6) is -1.77. The molecule has 2 aromatic carbocycles. The smallest absolute Gasteiger partial charge is 0.407 e. The zero-order chi connectivity index (χ0) is 22.0. The van der Waals surface area contributed by atoms with E-state index in [9.17, 15) is 14.4 Å². The SMILES string of the molecule is CCC1(NC(=O)C(CC(=O)O)NC(=O)OCC2c3ccccc3-c3ccccc32)CC1. The van der Waals surface area contributed by atoms with Crippen LogP contribution in [0.5, 0.6) is 0 Å². The fourth-order valence-corrected chi connectivity index (χ4v) is 4.23. The molecule has 7 nitrogen and oxygen atoms in total. The third-order valence-electron chi connectivity index (χ3n) is 6.25. The number of aliphatic carboxylic acids is 1. The molecule has 1 saturated carbocycles. The molecular formula is C24H26N2O5. The van der Waals surface area contributed by atoms with Gasteiger partial charge in [-0.25, -0.2) is 4.79 Å². The van der Waals surface area contributed by atoms with Gasteiger partial charge < -0.3 is 20.5 Å². The zero-order valence-electron chi connectivity index (χ0n) is 17.4. The number of alkyl carbamates (subject to hydrolysis) is 1. The molecule has 7 heteroatoms. The molecule has 162 valence electrons. The molecule has 1 unspecified atom stereocenters. The molecule has 4 rings (SSSR count). The number of carbonyl (C=O) groups excluding carboxylic acids is 2. The molecule has 1 atom stereocenters. The Balaban J connectivity index is 1.42. The highest BCUT2D eigenvalue weighted by Gasteiger charge is 2.43. The van der Waals surface area contributed by atoms with Crippen molar-refractivity contribution in [3.8, 4) is 11.1 Å². The first kappa shape index (κ1) is 20.9. The summed E-state index contributed by atoms with van der Waals surface area (Å²) in [6, 6.07) is 14.8. The van der Waals surface area contributed by atoms with Crippen molar-refractivity contribution in [1.82, 2.24) is 10.6 Å². The Labute approximate surface area is 180 Å². The highest BCUT2D eigenvalue weighted by atomic mass is 16.5. The van der Waals surface area contributed by atoms with E-state index >= 15 is 0 Å². The second-order valence-electron chi connectivity index (χ2n) is 8.24. The fraction of sp³-hybridized carbons (Fsp3) is 0.375. The van der Waals surface area contributed by atoms with Crippen LogP contribution in [-0.4, -0.2) is 41.3 Å². The lowest BCUT2D eigenvalue weighted by Gasteiger charge is -2.22. The minimum Gasteiger partial charge on any atom is -0.481 e. The molecule has 2 amide bonds. The summed E-state index contributed by atoms with van der Waals surface area (Å²) in [6.45, 7) is 2.07. The first-order valence-electron chi connectivity index (χ1n) is 10.6. The molecular weight excluding hydrogens is 396 g/mol. The quantitative estimate of drug-likeness (QED) is 0.605.